The molecule has 0 aliphatic carbocycles. The Morgan fingerprint density at radius 2 is 1.67 bits per heavy atom. The van der Waals surface area contributed by atoms with E-state index in [0.29, 0.717) is 28.4 Å². The molecule has 7 nitrogen and oxygen atoms in total. The van der Waals surface area contributed by atoms with Gasteiger partial charge in [-0.05, 0) is 88.8 Å². The van der Waals surface area contributed by atoms with Gasteiger partial charge in [-0.15, -0.1) is 0 Å². The van der Waals surface area contributed by atoms with Crippen molar-refractivity contribution >= 4 is 51.9 Å². The number of nitriles is 1. The maximum atomic E-state index is 12.4. The molecular formula is C25H20IN3O4. The van der Waals surface area contributed by atoms with E-state index >= 15 is 0 Å². The fraction of sp³-hybridized carbons (Fsp3) is 0.0800. The number of carbonyl (C=O) groups is 2. The van der Waals surface area contributed by atoms with Crippen molar-refractivity contribution in [2.24, 2.45) is 0 Å². The maximum absolute atomic E-state index is 12.4. The van der Waals surface area contributed by atoms with Gasteiger partial charge in [-0.1, -0.05) is 18.2 Å². The predicted molar refractivity (Wildman–Crippen MR) is 135 cm³/mol. The van der Waals surface area contributed by atoms with Gasteiger partial charge in [0.2, 0.25) is 0 Å². The summed E-state index contributed by atoms with van der Waals surface area (Å²) in [5, 5.41) is 14.8. The molecule has 0 aliphatic heterocycles. The van der Waals surface area contributed by atoms with E-state index in [2.05, 4.69) is 33.2 Å². The van der Waals surface area contributed by atoms with E-state index in [0.717, 1.165) is 3.57 Å². The second-order valence-corrected chi connectivity index (χ2v) is 8.01. The van der Waals surface area contributed by atoms with Crippen LogP contribution in [0, 0.1) is 14.9 Å². The smallest absolute Gasteiger partial charge is 0.266 e. The Kier molecular flexibility index (Phi) is 8.43. The third kappa shape index (κ3) is 7.36. The van der Waals surface area contributed by atoms with E-state index in [1.807, 2.05) is 24.3 Å². The first kappa shape index (κ1) is 23.8. The molecule has 0 atom stereocenters. The van der Waals surface area contributed by atoms with E-state index in [9.17, 15) is 14.9 Å². The van der Waals surface area contributed by atoms with Crippen LogP contribution >= 0.6 is 22.6 Å². The van der Waals surface area contributed by atoms with Crippen LogP contribution in [-0.4, -0.2) is 25.5 Å². The SMILES string of the molecule is COc1ccc(NC(=O)COc2ccc(/C=C(\C#N)C(=O)Nc3cccc(I)c3)cc2)cc1. The number of methoxy groups -OCH3 is 1. The lowest BCUT2D eigenvalue weighted by atomic mass is 10.1. The van der Waals surface area contributed by atoms with Gasteiger partial charge >= 0.3 is 0 Å². The normalized spacial score (nSPS) is 10.6. The molecule has 0 radical (unpaired) electrons. The lowest BCUT2D eigenvalue weighted by molar-refractivity contribution is -0.118. The van der Waals surface area contributed by atoms with Crippen LogP contribution in [0.1, 0.15) is 5.56 Å². The summed E-state index contributed by atoms with van der Waals surface area (Å²) in [5.41, 5.74) is 1.88. The fourth-order valence-electron chi connectivity index (χ4n) is 2.76. The largest absolute Gasteiger partial charge is 0.497 e. The summed E-state index contributed by atoms with van der Waals surface area (Å²) in [4.78, 5) is 24.5. The van der Waals surface area contributed by atoms with Crippen LogP contribution < -0.4 is 20.1 Å². The molecule has 0 spiro atoms. The van der Waals surface area contributed by atoms with E-state index < -0.39 is 5.91 Å². The molecule has 8 heteroatoms. The molecule has 3 aromatic rings. The standard InChI is InChI=1S/C25H20IN3O4/c1-32-22-11-7-20(8-12-22)28-24(30)16-33-23-9-5-17(6-10-23)13-18(15-27)25(31)29-21-4-2-3-19(26)14-21/h2-14H,16H2,1H3,(H,28,30)(H,29,31)/b18-13+. The second-order valence-electron chi connectivity index (χ2n) is 6.77. The highest BCUT2D eigenvalue weighted by atomic mass is 127. The Morgan fingerprint density at radius 1 is 0.970 bits per heavy atom. The summed E-state index contributed by atoms with van der Waals surface area (Å²) in [6, 6.07) is 22.9. The zero-order chi connectivity index (χ0) is 23.6. The Morgan fingerprint density at radius 3 is 2.30 bits per heavy atom. The molecule has 2 N–H and O–H groups in total. The van der Waals surface area contributed by atoms with Gasteiger partial charge in [-0.2, -0.15) is 5.26 Å². The number of rotatable bonds is 8. The van der Waals surface area contributed by atoms with Crippen molar-refractivity contribution in [3.63, 3.8) is 0 Å². The summed E-state index contributed by atoms with van der Waals surface area (Å²) in [6.07, 6.45) is 1.49. The Labute approximate surface area is 205 Å². The molecule has 0 saturated heterocycles. The number of amides is 2. The third-order valence-corrected chi connectivity index (χ3v) is 5.05. The van der Waals surface area contributed by atoms with Gasteiger partial charge in [0.25, 0.3) is 11.8 Å². The van der Waals surface area contributed by atoms with Crippen LogP contribution in [0.3, 0.4) is 0 Å². The summed E-state index contributed by atoms with van der Waals surface area (Å²) in [6.45, 7) is -0.164. The number of anilines is 2. The highest BCUT2D eigenvalue weighted by Crippen LogP contribution is 2.18. The van der Waals surface area contributed by atoms with Crippen LogP contribution in [0.5, 0.6) is 11.5 Å². The molecular weight excluding hydrogens is 533 g/mol. The van der Waals surface area contributed by atoms with Gasteiger partial charge in [-0.3, -0.25) is 9.59 Å². The molecule has 0 aliphatic rings. The van der Waals surface area contributed by atoms with Gasteiger partial charge in [0.05, 0.1) is 7.11 Å². The zero-order valence-corrected chi connectivity index (χ0v) is 19.8. The molecule has 0 fully saturated rings. The molecule has 2 amide bonds. The number of nitrogens with zero attached hydrogens (tertiary/aromatic N) is 1. The topological polar surface area (TPSA) is 100 Å². The van der Waals surface area contributed by atoms with E-state index in [1.165, 1.54) is 6.08 Å². The first-order valence-corrected chi connectivity index (χ1v) is 10.9. The van der Waals surface area contributed by atoms with Crippen molar-refractivity contribution in [1.82, 2.24) is 0 Å². The molecule has 0 saturated carbocycles. The van der Waals surface area contributed by atoms with Crippen molar-refractivity contribution in [3.05, 3.63) is 87.5 Å². The van der Waals surface area contributed by atoms with Gasteiger partial charge < -0.3 is 20.1 Å². The maximum Gasteiger partial charge on any atom is 0.266 e. The molecule has 0 bridgehead atoms. The first-order chi connectivity index (χ1) is 16.0. The monoisotopic (exact) mass is 553 g/mol. The molecule has 166 valence electrons. The third-order valence-electron chi connectivity index (χ3n) is 4.38. The molecule has 33 heavy (non-hydrogen) atoms. The fourth-order valence-corrected chi connectivity index (χ4v) is 3.30. The quantitative estimate of drug-likeness (QED) is 0.236. The number of hydrogen-bond donors (Lipinski definition) is 2. The van der Waals surface area contributed by atoms with Crippen LogP contribution in [0.15, 0.2) is 78.4 Å². The average Bonchev–Trinajstić information content (AvgIpc) is 2.82. The number of ether oxygens (including phenoxy) is 2. The van der Waals surface area contributed by atoms with Crippen molar-refractivity contribution in [3.8, 4) is 17.6 Å². The van der Waals surface area contributed by atoms with E-state index in [-0.39, 0.29) is 18.1 Å². The van der Waals surface area contributed by atoms with Crippen molar-refractivity contribution in [2.45, 2.75) is 0 Å². The average molecular weight is 553 g/mol. The van der Waals surface area contributed by atoms with Gasteiger partial charge in [0.1, 0.15) is 23.1 Å². The summed E-state index contributed by atoms with van der Waals surface area (Å²) >= 11 is 2.15. The minimum absolute atomic E-state index is 0.0265. The molecule has 3 aromatic carbocycles. The minimum Gasteiger partial charge on any atom is -0.497 e. The summed E-state index contributed by atoms with van der Waals surface area (Å²) < 4.78 is 11.6. The zero-order valence-electron chi connectivity index (χ0n) is 17.7. The molecule has 0 unspecified atom stereocenters. The van der Waals surface area contributed by atoms with E-state index in [1.54, 1.807) is 61.7 Å². The summed E-state index contributed by atoms with van der Waals surface area (Å²) in [5.74, 6) is 0.391. The Balaban J connectivity index is 1.55. The summed E-state index contributed by atoms with van der Waals surface area (Å²) in [7, 11) is 1.57. The lowest BCUT2D eigenvalue weighted by Gasteiger charge is -2.08. The highest BCUT2D eigenvalue weighted by Gasteiger charge is 2.10. The minimum atomic E-state index is -0.491. The van der Waals surface area contributed by atoms with Crippen LogP contribution in [0.4, 0.5) is 11.4 Å². The highest BCUT2D eigenvalue weighted by molar-refractivity contribution is 14.1. The van der Waals surface area contributed by atoms with Gasteiger partial charge in [0, 0.05) is 14.9 Å². The van der Waals surface area contributed by atoms with E-state index in [4.69, 9.17) is 9.47 Å². The lowest BCUT2D eigenvalue weighted by Crippen LogP contribution is -2.20. The van der Waals surface area contributed by atoms with Gasteiger partial charge in [-0.25, -0.2) is 0 Å². The molecule has 0 heterocycles. The Bertz CT molecular complexity index is 1200. The van der Waals surface area contributed by atoms with Crippen molar-refractivity contribution < 1.29 is 19.1 Å². The Hall–Kier alpha value is -3.84. The number of hydrogen-bond acceptors (Lipinski definition) is 5. The first-order valence-electron chi connectivity index (χ1n) is 9.82. The van der Waals surface area contributed by atoms with Gasteiger partial charge in [0.15, 0.2) is 6.61 Å². The van der Waals surface area contributed by atoms with Crippen molar-refractivity contribution in [1.29, 1.82) is 5.26 Å². The number of nitrogens with one attached hydrogen (secondary N) is 2. The predicted octanol–water partition coefficient (Wildman–Crippen LogP) is 4.86. The molecule has 0 aromatic heterocycles. The second kappa shape index (κ2) is 11.7. The van der Waals surface area contributed by atoms with Crippen LogP contribution in [-0.2, 0) is 9.59 Å². The van der Waals surface area contributed by atoms with Crippen molar-refractivity contribution in [2.75, 3.05) is 24.4 Å². The number of halogens is 1. The van der Waals surface area contributed by atoms with Crippen LogP contribution in [0.2, 0.25) is 0 Å². The number of carbonyl (C=O) groups excluding carboxylic acids is 2. The van der Waals surface area contributed by atoms with Crippen LogP contribution in [0.25, 0.3) is 6.08 Å². The molecule has 3 rings (SSSR count). The number of benzene rings is 3.